The van der Waals surface area contributed by atoms with Gasteiger partial charge in [-0.3, -0.25) is 14.7 Å². The molecule has 0 bridgehead atoms. The van der Waals surface area contributed by atoms with Crippen LogP contribution in [0.1, 0.15) is 40.6 Å². The van der Waals surface area contributed by atoms with E-state index in [0.717, 1.165) is 49.9 Å². The number of amides is 1. The second-order valence-electron chi connectivity index (χ2n) is 7.80. The minimum Gasteiger partial charge on any atom is -0.468 e. The first kappa shape index (κ1) is 21.9. The van der Waals surface area contributed by atoms with Crippen molar-refractivity contribution < 1.29 is 9.21 Å². The molecule has 1 saturated heterocycles. The maximum absolute atomic E-state index is 12.1. The molecule has 0 aliphatic carbocycles. The second-order valence-corrected chi connectivity index (χ2v) is 7.80. The van der Waals surface area contributed by atoms with Crippen LogP contribution in [0.25, 0.3) is 0 Å². The van der Waals surface area contributed by atoms with Crippen LogP contribution in [0.5, 0.6) is 0 Å². The summed E-state index contributed by atoms with van der Waals surface area (Å²) >= 11 is 0. The number of carbonyl (C=O) groups is 1. The van der Waals surface area contributed by atoms with E-state index in [1.54, 1.807) is 32.3 Å². The third kappa shape index (κ3) is 5.86. The number of rotatable bonds is 8. The molecule has 1 unspecified atom stereocenters. The Labute approximate surface area is 179 Å². The van der Waals surface area contributed by atoms with Crippen LogP contribution in [0.15, 0.2) is 52.1 Å². The average molecular weight is 412 g/mol. The van der Waals surface area contributed by atoms with Crippen molar-refractivity contribution in [3.05, 3.63) is 59.5 Å². The first-order chi connectivity index (χ1) is 14.6. The van der Waals surface area contributed by atoms with Gasteiger partial charge in [0.15, 0.2) is 5.96 Å². The van der Waals surface area contributed by atoms with Crippen molar-refractivity contribution in [3.63, 3.8) is 0 Å². The third-order valence-corrected chi connectivity index (χ3v) is 5.43. The van der Waals surface area contributed by atoms with Crippen LogP contribution in [0, 0.1) is 0 Å². The van der Waals surface area contributed by atoms with Gasteiger partial charge in [-0.15, -0.1) is 0 Å². The minimum atomic E-state index is 0.0215. The van der Waals surface area contributed by atoms with Crippen LogP contribution in [0.4, 0.5) is 0 Å². The van der Waals surface area contributed by atoms with Gasteiger partial charge in [0.2, 0.25) is 0 Å². The van der Waals surface area contributed by atoms with E-state index in [-0.39, 0.29) is 11.9 Å². The number of hydrogen-bond donors (Lipinski definition) is 2. The highest BCUT2D eigenvalue weighted by Gasteiger charge is 2.25. The van der Waals surface area contributed by atoms with Gasteiger partial charge >= 0.3 is 0 Å². The molecule has 0 saturated carbocycles. The molecule has 1 aromatic carbocycles. The molecular weight excluding hydrogens is 378 g/mol. The largest absolute Gasteiger partial charge is 0.468 e. The molecule has 0 spiro atoms. The third-order valence-electron chi connectivity index (χ3n) is 5.43. The number of carbonyl (C=O) groups excluding carboxylic acids is 1. The Balaban J connectivity index is 1.51. The molecule has 2 heterocycles. The minimum absolute atomic E-state index is 0.0215. The Bertz CT molecular complexity index is 826. The number of benzene rings is 1. The molecule has 1 fully saturated rings. The SMILES string of the molecule is CN=C(NCCc1cccc(C(=O)N(C)C)c1)NCC(c1ccco1)N1CCCC1. The van der Waals surface area contributed by atoms with Crippen molar-refractivity contribution in [1.29, 1.82) is 0 Å². The van der Waals surface area contributed by atoms with Gasteiger partial charge in [-0.1, -0.05) is 12.1 Å². The fourth-order valence-electron chi connectivity index (χ4n) is 3.80. The van der Waals surface area contributed by atoms with Crippen molar-refractivity contribution in [3.8, 4) is 0 Å². The number of aliphatic imine (C=N–C) groups is 1. The van der Waals surface area contributed by atoms with Crippen LogP contribution in [0.2, 0.25) is 0 Å². The summed E-state index contributed by atoms with van der Waals surface area (Å²) in [5, 5.41) is 6.82. The van der Waals surface area contributed by atoms with E-state index in [4.69, 9.17) is 4.42 Å². The summed E-state index contributed by atoms with van der Waals surface area (Å²) in [7, 11) is 5.32. The number of furan rings is 1. The topological polar surface area (TPSA) is 73.1 Å². The quantitative estimate of drug-likeness (QED) is 0.516. The summed E-state index contributed by atoms with van der Waals surface area (Å²) < 4.78 is 5.69. The molecule has 0 radical (unpaired) electrons. The Morgan fingerprint density at radius 2 is 2.00 bits per heavy atom. The molecule has 2 N–H and O–H groups in total. The number of hydrogen-bond acceptors (Lipinski definition) is 4. The van der Waals surface area contributed by atoms with Gasteiger partial charge < -0.3 is 20.0 Å². The Kier molecular flexibility index (Phi) is 7.90. The fraction of sp³-hybridized carbons (Fsp3) is 0.478. The second kappa shape index (κ2) is 10.8. The zero-order valence-electron chi connectivity index (χ0n) is 18.2. The van der Waals surface area contributed by atoms with Gasteiger partial charge in [-0.25, -0.2) is 0 Å². The summed E-state index contributed by atoms with van der Waals surface area (Å²) in [6, 6.07) is 12.0. The average Bonchev–Trinajstić information content (AvgIpc) is 3.47. The molecule has 1 aliphatic heterocycles. The molecular formula is C23H33N5O2. The fourth-order valence-corrected chi connectivity index (χ4v) is 3.80. The first-order valence-corrected chi connectivity index (χ1v) is 10.6. The highest BCUT2D eigenvalue weighted by molar-refractivity contribution is 5.94. The summed E-state index contributed by atoms with van der Waals surface area (Å²) in [4.78, 5) is 20.6. The van der Waals surface area contributed by atoms with E-state index in [1.165, 1.54) is 12.8 Å². The van der Waals surface area contributed by atoms with Crippen molar-refractivity contribution in [2.45, 2.75) is 25.3 Å². The number of nitrogens with one attached hydrogen (secondary N) is 2. The van der Waals surface area contributed by atoms with Gasteiger partial charge in [-0.05, 0) is 62.2 Å². The van der Waals surface area contributed by atoms with Gasteiger partial charge in [0.25, 0.3) is 5.91 Å². The molecule has 3 rings (SSSR count). The Hall–Kier alpha value is -2.80. The number of nitrogens with zero attached hydrogens (tertiary/aromatic N) is 3. The van der Waals surface area contributed by atoms with Gasteiger partial charge in [0, 0.05) is 39.8 Å². The zero-order chi connectivity index (χ0) is 21.3. The number of guanidine groups is 1. The summed E-state index contributed by atoms with van der Waals surface area (Å²) in [6.07, 6.45) is 5.02. The van der Waals surface area contributed by atoms with Crippen LogP contribution in [0.3, 0.4) is 0 Å². The Morgan fingerprint density at radius 1 is 1.20 bits per heavy atom. The van der Waals surface area contributed by atoms with E-state index in [0.29, 0.717) is 5.56 Å². The predicted molar refractivity (Wildman–Crippen MR) is 120 cm³/mol. The van der Waals surface area contributed by atoms with Crippen LogP contribution < -0.4 is 10.6 Å². The lowest BCUT2D eigenvalue weighted by Crippen LogP contribution is -2.43. The molecule has 7 heteroatoms. The van der Waals surface area contributed by atoms with E-state index in [1.807, 2.05) is 36.4 Å². The van der Waals surface area contributed by atoms with Gasteiger partial charge in [-0.2, -0.15) is 0 Å². The maximum atomic E-state index is 12.1. The normalized spacial score (nSPS) is 15.8. The van der Waals surface area contributed by atoms with E-state index >= 15 is 0 Å². The molecule has 1 amide bonds. The number of likely N-dealkylation sites (tertiary alicyclic amines) is 1. The van der Waals surface area contributed by atoms with Gasteiger partial charge in [0.05, 0.1) is 12.3 Å². The van der Waals surface area contributed by atoms with Crippen molar-refractivity contribution in [2.75, 3.05) is 47.3 Å². The molecule has 7 nitrogen and oxygen atoms in total. The highest BCUT2D eigenvalue weighted by Crippen LogP contribution is 2.24. The predicted octanol–water partition coefficient (Wildman–Crippen LogP) is 2.53. The zero-order valence-corrected chi connectivity index (χ0v) is 18.2. The van der Waals surface area contributed by atoms with Crippen molar-refractivity contribution in [1.82, 2.24) is 20.4 Å². The van der Waals surface area contributed by atoms with Crippen molar-refractivity contribution >= 4 is 11.9 Å². The molecule has 162 valence electrons. The van der Waals surface area contributed by atoms with E-state index in [2.05, 4.69) is 20.5 Å². The van der Waals surface area contributed by atoms with Crippen LogP contribution in [-0.4, -0.2) is 69.0 Å². The van der Waals surface area contributed by atoms with Crippen LogP contribution in [-0.2, 0) is 6.42 Å². The lowest BCUT2D eigenvalue weighted by atomic mass is 10.1. The standard InChI is InChI=1S/C23H33N5O2/c1-24-23(25-12-11-18-8-6-9-19(16-18)22(29)27(2)3)26-17-20(21-10-7-15-30-21)28-13-4-5-14-28/h6-10,15-16,20H,4-5,11-14,17H2,1-3H3,(H2,24,25,26). The summed E-state index contributed by atoms with van der Waals surface area (Å²) in [5.74, 6) is 1.78. The van der Waals surface area contributed by atoms with E-state index in [9.17, 15) is 4.79 Å². The maximum Gasteiger partial charge on any atom is 0.253 e. The lowest BCUT2D eigenvalue weighted by Gasteiger charge is -2.26. The smallest absolute Gasteiger partial charge is 0.253 e. The molecule has 1 atom stereocenters. The van der Waals surface area contributed by atoms with Crippen molar-refractivity contribution in [2.24, 2.45) is 4.99 Å². The molecule has 2 aromatic rings. The van der Waals surface area contributed by atoms with E-state index < -0.39 is 0 Å². The molecule has 1 aromatic heterocycles. The molecule has 30 heavy (non-hydrogen) atoms. The highest BCUT2D eigenvalue weighted by atomic mass is 16.3. The van der Waals surface area contributed by atoms with Crippen LogP contribution >= 0.6 is 0 Å². The molecule has 1 aliphatic rings. The summed E-state index contributed by atoms with van der Waals surface area (Å²) in [6.45, 7) is 3.66. The lowest BCUT2D eigenvalue weighted by molar-refractivity contribution is 0.0827. The first-order valence-electron chi connectivity index (χ1n) is 10.6. The van der Waals surface area contributed by atoms with Gasteiger partial charge in [0.1, 0.15) is 5.76 Å². The summed E-state index contributed by atoms with van der Waals surface area (Å²) in [5.41, 5.74) is 1.84. The Morgan fingerprint density at radius 3 is 2.67 bits per heavy atom. The monoisotopic (exact) mass is 411 g/mol.